The quantitative estimate of drug-likeness (QED) is 0.819. The first-order valence-electron chi connectivity index (χ1n) is 8.91. The molecule has 134 valence electrons. The lowest BCUT2D eigenvalue weighted by Crippen LogP contribution is -2.46. The largest absolute Gasteiger partial charge is 0.335 e. The van der Waals surface area contributed by atoms with Gasteiger partial charge in [-0.2, -0.15) is 0 Å². The summed E-state index contributed by atoms with van der Waals surface area (Å²) < 4.78 is 23.3. The van der Waals surface area contributed by atoms with Crippen molar-refractivity contribution in [2.45, 2.75) is 58.0 Å². The van der Waals surface area contributed by atoms with Crippen molar-refractivity contribution in [1.29, 1.82) is 0 Å². The zero-order chi connectivity index (χ0) is 16.9. The summed E-state index contributed by atoms with van der Waals surface area (Å²) >= 11 is 0. The highest BCUT2D eigenvalue weighted by Gasteiger charge is 2.27. The summed E-state index contributed by atoms with van der Waals surface area (Å²) in [6.45, 7) is 7.32. The molecular formula is C16H31N3O3S. The maximum Gasteiger partial charge on any atom is 0.317 e. The SMILES string of the molecule is CCS(=O)(=O)C[C@H](C)NC(=O)N1CCC[C@@H](N2CCCC2)CC1. The van der Waals surface area contributed by atoms with Gasteiger partial charge in [-0.05, 0) is 52.1 Å². The Kier molecular flexibility index (Phi) is 6.71. The molecule has 0 aromatic heterocycles. The van der Waals surface area contributed by atoms with Crippen LogP contribution in [0.3, 0.4) is 0 Å². The molecule has 0 bridgehead atoms. The van der Waals surface area contributed by atoms with Crippen LogP contribution in [0.5, 0.6) is 0 Å². The number of urea groups is 1. The third-order valence-electron chi connectivity index (χ3n) is 4.96. The van der Waals surface area contributed by atoms with Gasteiger partial charge in [0, 0.05) is 30.9 Å². The van der Waals surface area contributed by atoms with Crippen molar-refractivity contribution in [3.63, 3.8) is 0 Å². The van der Waals surface area contributed by atoms with E-state index in [0.717, 1.165) is 32.4 Å². The average Bonchev–Trinajstić information content (AvgIpc) is 2.91. The van der Waals surface area contributed by atoms with Crippen LogP contribution >= 0.6 is 0 Å². The third kappa shape index (κ3) is 5.64. The molecule has 23 heavy (non-hydrogen) atoms. The van der Waals surface area contributed by atoms with E-state index in [9.17, 15) is 13.2 Å². The van der Waals surface area contributed by atoms with Crippen molar-refractivity contribution in [3.05, 3.63) is 0 Å². The summed E-state index contributed by atoms with van der Waals surface area (Å²) in [4.78, 5) is 16.8. The second-order valence-electron chi connectivity index (χ2n) is 6.86. The number of nitrogens with zero attached hydrogens (tertiary/aromatic N) is 2. The van der Waals surface area contributed by atoms with Crippen LogP contribution < -0.4 is 5.32 Å². The van der Waals surface area contributed by atoms with E-state index in [0.29, 0.717) is 6.04 Å². The Labute approximate surface area is 140 Å². The fourth-order valence-electron chi connectivity index (χ4n) is 3.60. The molecule has 2 aliphatic rings. The van der Waals surface area contributed by atoms with Crippen molar-refractivity contribution < 1.29 is 13.2 Å². The lowest BCUT2D eigenvalue weighted by molar-refractivity contribution is 0.191. The van der Waals surface area contributed by atoms with Crippen molar-refractivity contribution in [2.24, 2.45) is 0 Å². The van der Waals surface area contributed by atoms with Crippen molar-refractivity contribution in [1.82, 2.24) is 15.1 Å². The summed E-state index contributed by atoms with van der Waals surface area (Å²) in [6.07, 6.45) is 5.79. The molecule has 0 aromatic rings. The summed E-state index contributed by atoms with van der Waals surface area (Å²) in [5, 5.41) is 2.85. The first kappa shape index (κ1) is 18.5. The lowest BCUT2D eigenvalue weighted by atomic mass is 10.1. The molecule has 2 saturated heterocycles. The molecule has 2 amide bonds. The van der Waals surface area contributed by atoms with E-state index in [1.54, 1.807) is 13.8 Å². The summed E-state index contributed by atoms with van der Waals surface area (Å²) in [7, 11) is -3.06. The topological polar surface area (TPSA) is 69.7 Å². The molecule has 1 N–H and O–H groups in total. The van der Waals surface area contributed by atoms with Gasteiger partial charge in [-0.15, -0.1) is 0 Å². The summed E-state index contributed by atoms with van der Waals surface area (Å²) in [6, 6.07) is 0.143. The van der Waals surface area contributed by atoms with Crippen LogP contribution in [-0.2, 0) is 9.84 Å². The Hall–Kier alpha value is -0.820. The van der Waals surface area contributed by atoms with E-state index >= 15 is 0 Å². The number of nitrogens with one attached hydrogen (secondary N) is 1. The van der Waals surface area contributed by atoms with Crippen LogP contribution in [0.1, 0.15) is 46.0 Å². The van der Waals surface area contributed by atoms with Crippen LogP contribution in [0, 0.1) is 0 Å². The third-order valence-corrected chi connectivity index (χ3v) is 6.84. The van der Waals surface area contributed by atoms with Gasteiger partial charge >= 0.3 is 6.03 Å². The van der Waals surface area contributed by atoms with Gasteiger partial charge in [0.2, 0.25) is 0 Å². The van der Waals surface area contributed by atoms with E-state index in [4.69, 9.17) is 0 Å². The van der Waals surface area contributed by atoms with Gasteiger partial charge in [0.15, 0.2) is 9.84 Å². The number of hydrogen-bond acceptors (Lipinski definition) is 4. The number of hydrogen-bond donors (Lipinski definition) is 1. The molecule has 2 heterocycles. The standard InChI is InChI=1S/C16H31N3O3S/c1-3-23(21,22)13-14(2)17-16(20)19-11-6-7-15(8-12-19)18-9-4-5-10-18/h14-15H,3-13H2,1-2H3,(H,17,20)/t14-,15+/m0/s1. The molecule has 0 saturated carbocycles. The molecular weight excluding hydrogens is 314 g/mol. The minimum absolute atomic E-state index is 0.0134. The van der Waals surface area contributed by atoms with E-state index in [1.807, 2.05) is 4.90 Å². The number of carbonyl (C=O) groups is 1. The highest BCUT2D eigenvalue weighted by atomic mass is 32.2. The van der Waals surface area contributed by atoms with Crippen LogP contribution in [0.25, 0.3) is 0 Å². The Morgan fingerprint density at radius 1 is 1.13 bits per heavy atom. The molecule has 7 heteroatoms. The zero-order valence-electron chi connectivity index (χ0n) is 14.5. The number of sulfone groups is 1. The van der Waals surface area contributed by atoms with Gasteiger partial charge in [0.05, 0.1) is 5.75 Å². The number of likely N-dealkylation sites (tertiary alicyclic amines) is 2. The van der Waals surface area contributed by atoms with Crippen LogP contribution in [0.2, 0.25) is 0 Å². The number of rotatable bonds is 5. The Bertz CT molecular complexity index is 489. The molecule has 2 rings (SSSR count). The molecule has 2 atom stereocenters. The van der Waals surface area contributed by atoms with Gasteiger partial charge < -0.3 is 15.1 Å². The second kappa shape index (κ2) is 8.33. The van der Waals surface area contributed by atoms with Crippen LogP contribution in [0.15, 0.2) is 0 Å². The molecule has 6 nitrogen and oxygen atoms in total. The van der Waals surface area contributed by atoms with Gasteiger partial charge in [-0.25, -0.2) is 13.2 Å². The smallest absolute Gasteiger partial charge is 0.317 e. The van der Waals surface area contributed by atoms with Gasteiger partial charge in [-0.3, -0.25) is 0 Å². The van der Waals surface area contributed by atoms with E-state index in [2.05, 4.69) is 10.2 Å². The maximum atomic E-state index is 12.4. The van der Waals surface area contributed by atoms with Crippen molar-refractivity contribution in [2.75, 3.05) is 37.7 Å². The minimum atomic E-state index is -3.06. The molecule has 2 fully saturated rings. The number of carbonyl (C=O) groups excluding carboxylic acids is 1. The highest BCUT2D eigenvalue weighted by molar-refractivity contribution is 7.91. The fourth-order valence-corrected chi connectivity index (χ4v) is 4.68. The first-order chi connectivity index (χ1) is 10.9. The maximum absolute atomic E-state index is 12.4. The Morgan fingerprint density at radius 3 is 2.48 bits per heavy atom. The normalized spacial score (nSPS) is 25.1. The highest BCUT2D eigenvalue weighted by Crippen LogP contribution is 2.21. The summed E-state index contributed by atoms with van der Waals surface area (Å²) in [5.74, 6) is 0.133. The molecule has 0 radical (unpaired) electrons. The predicted octanol–water partition coefficient (Wildman–Crippen LogP) is 1.47. The predicted molar refractivity (Wildman–Crippen MR) is 92.3 cm³/mol. The lowest BCUT2D eigenvalue weighted by Gasteiger charge is -2.27. The van der Waals surface area contributed by atoms with Crippen LogP contribution in [-0.4, -0.2) is 74.0 Å². The Morgan fingerprint density at radius 2 is 1.83 bits per heavy atom. The fraction of sp³-hybridized carbons (Fsp3) is 0.938. The first-order valence-corrected chi connectivity index (χ1v) is 10.7. The van der Waals surface area contributed by atoms with E-state index in [1.165, 1.54) is 25.9 Å². The molecule has 0 spiro atoms. The van der Waals surface area contributed by atoms with Crippen molar-refractivity contribution in [3.8, 4) is 0 Å². The number of amides is 2. The minimum Gasteiger partial charge on any atom is -0.335 e. The van der Waals surface area contributed by atoms with Crippen molar-refractivity contribution >= 4 is 15.9 Å². The monoisotopic (exact) mass is 345 g/mol. The molecule has 0 aromatic carbocycles. The average molecular weight is 346 g/mol. The molecule has 0 aliphatic carbocycles. The van der Waals surface area contributed by atoms with Gasteiger partial charge in [-0.1, -0.05) is 6.92 Å². The summed E-state index contributed by atoms with van der Waals surface area (Å²) in [5.41, 5.74) is 0. The van der Waals surface area contributed by atoms with Gasteiger partial charge in [0.25, 0.3) is 0 Å². The Balaban J connectivity index is 1.80. The van der Waals surface area contributed by atoms with E-state index < -0.39 is 9.84 Å². The van der Waals surface area contributed by atoms with Gasteiger partial charge in [0.1, 0.15) is 0 Å². The van der Waals surface area contributed by atoms with E-state index in [-0.39, 0.29) is 23.6 Å². The zero-order valence-corrected chi connectivity index (χ0v) is 15.3. The second-order valence-corrected chi connectivity index (χ2v) is 9.26. The molecule has 2 aliphatic heterocycles. The van der Waals surface area contributed by atoms with Crippen LogP contribution in [0.4, 0.5) is 4.79 Å². The molecule has 0 unspecified atom stereocenters.